The summed E-state index contributed by atoms with van der Waals surface area (Å²) in [4.78, 5) is 30.1. The number of para-hydroxylation sites is 1. The Bertz CT molecular complexity index is 1190. The smallest absolute Gasteiger partial charge is 0.231 e. The Labute approximate surface area is 187 Å². The molecule has 0 bridgehead atoms. The number of rotatable bonds is 8. The minimum absolute atomic E-state index is 0.0822. The zero-order chi connectivity index (χ0) is 21.6. The Balaban J connectivity index is 1.37. The van der Waals surface area contributed by atoms with Crippen LogP contribution in [0.15, 0.2) is 70.6 Å². The minimum Gasteiger partial charge on any atom is -0.339 e. The zero-order valence-corrected chi connectivity index (χ0v) is 17.9. The minimum atomic E-state index is -0.237. The van der Waals surface area contributed by atoms with Gasteiger partial charge < -0.3 is 9.84 Å². The first-order valence-corrected chi connectivity index (χ1v) is 10.9. The highest BCUT2D eigenvalue weighted by Crippen LogP contribution is 2.24. The average Bonchev–Trinajstić information content (AvgIpc) is 3.46. The first-order chi connectivity index (χ1) is 15.1. The van der Waals surface area contributed by atoms with E-state index in [4.69, 9.17) is 16.1 Å². The summed E-state index contributed by atoms with van der Waals surface area (Å²) in [6.07, 6.45) is 0.584. The number of Topliss-reactive ketones (excluding diaryl/α,β-unsaturated/α-hetero) is 1. The molecule has 1 N–H and O–H groups in total. The molecule has 0 spiro atoms. The van der Waals surface area contributed by atoms with E-state index in [2.05, 4.69) is 15.5 Å². The lowest BCUT2D eigenvalue weighted by atomic mass is 10.1. The van der Waals surface area contributed by atoms with Gasteiger partial charge in [0.15, 0.2) is 5.78 Å². The van der Waals surface area contributed by atoms with E-state index in [-0.39, 0.29) is 24.5 Å². The van der Waals surface area contributed by atoms with Crippen molar-refractivity contribution >= 4 is 40.3 Å². The molecule has 0 fully saturated rings. The molecule has 31 heavy (non-hydrogen) atoms. The number of hydrogen-bond acceptors (Lipinski definition) is 6. The van der Waals surface area contributed by atoms with Crippen LogP contribution in [0.5, 0.6) is 0 Å². The molecule has 0 radical (unpaired) electrons. The van der Waals surface area contributed by atoms with Gasteiger partial charge in [0.05, 0.1) is 11.3 Å². The van der Waals surface area contributed by atoms with E-state index in [0.717, 1.165) is 10.4 Å². The molecule has 1 amide bonds. The highest BCUT2D eigenvalue weighted by molar-refractivity contribution is 7.13. The number of halogens is 1. The van der Waals surface area contributed by atoms with Crippen molar-refractivity contribution < 1.29 is 14.1 Å². The predicted octanol–water partition coefficient (Wildman–Crippen LogP) is 5.64. The Morgan fingerprint density at radius 3 is 2.58 bits per heavy atom. The summed E-state index contributed by atoms with van der Waals surface area (Å²) in [5.41, 5.74) is 2.04. The van der Waals surface area contributed by atoms with E-state index in [1.165, 1.54) is 11.3 Å². The summed E-state index contributed by atoms with van der Waals surface area (Å²) in [7, 11) is 0. The van der Waals surface area contributed by atoms with E-state index in [9.17, 15) is 9.59 Å². The number of ketones is 1. The molecule has 8 heteroatoms. The Kier molecular flexibility index (Phi) is 6.54. The molecule has 6 nitrogen and oxygen atoms in total. The van der Waals surface area contributed by atoms with Crippen molar-refractivity contribution in [1.29, 1.82) is 0 Å². The fourth-order valence-electron chi connectivity index (χ4n) is 3.01. The fraction of sp³-hybridized carbons (Fsp3) is 0.130. The first-order valence-electron chi connectivity index (χ1n) is 9.61. The standard InChI is InChI=1S/C23H18ClN3O3S/c24-17-9-7-15(8-10-17)19(28)11-12-21(29)25-18-5-2-1-4-16(18)14-22-26-23(27-30-22)20-6-3-13-31-20/h1-10,13H,11-12,14H2,(H,25,29). The number of anilines is 1. The molecule has 2 aromatic heterocycles. The van der Waals surface area contributed by atoms with Crippen molar-refractivity contribution in [2.75, 3.05) is 5.32 Å². The van der Waals surface area contributed by atoms with Crippen molar-refractivity contribution in [2.45, 2.75) is 19.3 Å². The molecule has 0 aliphatic carbocycles. The maximum atomic E-state index is 12.4. The molecule has 0 saturated carbocycles. The predicted molar refractivity (Wildman–Crippen MR) is 121 cm³/mol. The van der Waals surface area contributed by atoms with Gasteiger partial charge >= 0.3 is 0 Å². The second-order valence-corrected chi connectivity index (χ2v) is 8.19. The molecule has 2 heterocycles. The topological polar surface area (TPSA) is 85.1 Å². The third-order valence-electron chi connectivity index (χ3n) is 4.59. The van der Waals surface area contributed by atoms with Crippen LogP contribution in [0.1, 0.15) is 34.7 Å². The van der Waals surface area contributed by atoms with Gasteiger partial charge in [0.2, 0.25) is 17.6 Å². The van der Waals surface area contributed by atoms with Crippen molar-refractivity contribution in [2.24, 2.45) is 0 Å². The second-order valence-electron chi connectivity index (χ2n) is 6.80. The van der Waals surface area contributed by atoms with Crippen LogP contribution >= 0.6 is 22.9 Å². The summed E-state index contributed by atoms with van der Waals surface area (Å²) >= 11 is 7.38. The molecule has 156 valence electrons. The van der Waals surface area contributed by atoms with Crippen molar-refractivity contribution in [3.05, 3.63) is 88.1 Å². The van der Waals surface area contributed by atoms with Crippen molar-refractivity contribution in [1.82, 2.24) is 10.1 Å². The van der Waals surface area contributed by atoms with Gasteiger partial charge in [-0.15, -0.1) is 11.3 Å². The first kappa shape index (κ1) is 21.0. The van der Waals surface area contributed by atoms with Crippen LogP contribution in [0.4, 0.5) is 5.69 Å². The number of amides is 1. The molecular formula is C23H18ClN3O3S. The Morgan fingerprint density at radius 1 is 1.00 bits per heavy atom. The number of aromatic nitrogens is 2. The van der Waals surface area contributed by atoms with E-state index >= 15 is 0 Å². The molecule has 0 atom stereocenters. The molecule has 0 saturated heterocycles. The number of thiophene rings is 1. The SMILES string of the molecule is O=C(CCC(=O)c1ccc(Cl)cc1)Nc1ccccc1Cc1nc(-c2cccs2)no1. The average molecular weight is 452 g/mol. The number of benzene rings is 2. The van der Waals surface area contributed by atoms with Crippen LogP contribution in [-0.4, -0.2) is 21.8 Å². The van der Waals surface area contributed by atoms with Crippen molar-refractivity contribution in [3.63, 3.8) is 0 Å². The Morgan fingerprint density at radius 2 is 1.81 bits per heavy atom. The molecule has 0 unspecified atom stereocenters. The van der Waals surface area contributed by atoms with Gasteiger partial charge in [-0.05, 0) is 47.3 Å². The molecule has 0 aliphatic heterocycles. The summed E-state index contributed by atoms with van der Waals surface area (Å²) in [5, 5.41) is 9.42. The highest BCUT2D eigenvalue weighted by Gasteiger charge is 2.14. The number of carbonyl (C=O) groups is 2. The summed E-state index contributed by atoms with van der Waals surface area (Å²) in [6, 6.07) is 17.9. The highest BCUT2D eigenvalue weighted by atomic mass is 35.5. The number of nitrogens with zero attached hydrogens (tertiary/aromatic N) is 2. The van der Waals surface area contributed by atoms with Crippen LogP contribution in [0.3, 0.4) is 0 Å². The van der Waals surface area contributed by atoms with Gasteiger partial charge in [-0.1, -0.05) is 41.0 Å². The molecule has 0 aliphatic rings. The summed E-state index contributed by atoms with van der Waals surface area (Å²) < 4.78 is 5.37. The molecule has 4 rings (SSSR count). The van der Waals surface area contributed by atoms with Crippen LogP contribution in [0.2, 0.25) is 5.02 Å². The van der Waals surface area contributed by atoms with E-state index < -0.39 is 0 Å². The van der Waals surface area contributed by atoms with E-state index in [0.29, 0.717) is 34.4 Å². The van der Waals surface area contributed by atoms with E-state index in [1.54, 1.807) is 24.3 Å². The molecule has 2 aromatic carbocycles. The quantitative estimate of drug-likeness (QED) is 0.350. The third-order valence-corrected chi connectivity index (χ3v) is 5.71. The lowest BCUT2D eigenvalue weighted by Crippen LogP contribution is -2.14. The number of nitrogens with one attached hydrogen (secondary N) is 1. The summed E-state index contributed by atoms with van der Waals surface area (Å²) in [6.45, 7) is 0. The summed E-state index contributed by atoms with van der Waals surface area (Å²) in [5.74, 6) is 0.668. The van der Waals surface area contributed by atoms with Crippen molar-refractivity contribution in [3.8, 4) is 10.7 Å². The normalized spacial score (nSPS) is 10.7. The largest absolute Gasteiger partial charge is 0.339 e. The Hall–Kier alpha value is -3.29. The van der Waals surface area contributed by atoms with Crippen LogP contribution < -0.4 is 5.32 Å². The van der Waals surface area contributed by atoms with E-state index in [1.807, 2.05) is 41.8 Å². The van der Waals surface area contributed by atoms with Crippen LogP contribution in [0.25, 0.3) is 10.7 Å². The monoisotopic (exact) mass is 451 g/mol. The zero-order valence-electron chi connectivity index (χ0n) is 16.4. The number of hydrogen-bond donors (Lipinski definition) is 1. The third kappa shape index (κ3) is 5.45. The van der Waals surface area contributed by atoms with Gasteiger partial charge in [-0.25, -0.2) is 0 Å². The fourth-order valence-corrected chi connectivity index (χ4v) is 3.79. The van der Waals surface area contributed by atoms with Gasteiger partial charge in [-0.2, -0.15) is 4.98 Å². The number of carbonyl (C=O) groups excluding carboxylic acids is 2. The molecular weight excluding hydrogens is 434 g/mol. The lowest BCUT2D eigenvalue weighted by Gasteiger charge is -2.09. The van der Waals surface area contributed by atoms with Gasteiger partial charge in [0.1, 0.15) is 0 Å². The lowest BCUT2D eigenvalue weighted by molar-refractivity contribution is -0.116. The maximum Gasteiger partial charge on any atom is 0.231 e. The second kappa shape index (κ2) is 9.68. The maximum absolute atomic E-state index is 12.4. The van der Waals surface area contributed by atoms with Gasteiger partial charge in [-0.3, -0.25) is 9.59 Å². The van der Waals surface area contributed by atoms with Gasteiger partial charge in [0.25, 0.3) is 0 Å². The van der Waals surface area contributed by atoms with Crippen LogP contribution in [-0.2, 0) is 11.2 Å². The van der Waals surface area contributed by atoms with Crippen LogP contribution in [0, 0.1) is 0 Å². The molecule has 4 aromatic rings. The van der Waals surface area contributed by atoms with Gasteiger partial charge in [0, 0.05) is 29.1 Å².